The molecule has 1 aromatic heterocycles. The fourth-order valence-electron chi connectivity index (χ4n) is 4.21. The lowest BCUT2D eigenvalue weighted by Crippen LogP contribution is -2.49. The van der Waals surface area contributed by atoms with Crippen molar-refractivity contribution >= 4 is 23.4 Å². The van der Waals surface area contributed by atoms with Gasteiger partial charge in [-0.15, -0.1) is 11.8 Å². The second-order valence-corrected chi connectivity index (χ2v) is 9.43. The summed E-state index contributed by atoms with van der Waals surface area (Å²) >= 11 is 1.77. The molecule has 4 rings (SSSR count). The molecule has 154 valence electrons. The van der Waals surface area contributed by atoms with Crippen molar-refractivity contribution in [2.75, 3.05) is 31.6 Å². The minimum atomic E-state index is -0.282. The van der Waals surface area contributed by atoms with Gasteiger partial charge >= 0.3 is 0 Å². The average molecular weight is 414 g/mol. The summed E-state index contributed by atoms with van der Waals surface area (Å²) in [7, 11) is 1.80. The quantitative estimate of drug-likeness (QED) is 0.835. The summed E-state index contributed by atoms with van der Waals surface area (Å²) in [5, 5.41) is 2.89. The summed E-state index contributed by atoms with van der Waals surface area (Å²) in [6, 6.07) is 10.4. The van der Waals surface area contributed by atoms with E-state index in [2.05, 4.69) is 29.3 Å². The van der Waals surface area contributed by atoms with Crippen LogP contribution < -0.4 is 10.9 Å². The highest BCUT2D eigenvalue weighted by molar-refractivity contribution is 8.00. The van der Waals surface area contributed by atoms with Gasteiger partial charge in [-0.1, -0.05) is 12.1 Å². The number of hydrogen-bond acceptors (Lipinski definition) is 5. The zero-order chi connectivity index (χ0) is 20.6. The third-order valence-corrected chi connectivity index (χ3v) is 7.27. The number of aromatic nitrogens is 1. The second kappa shape index (κ2) is 7.97. The number of carbonyl (C=O) groups is 1. The van der Waals surface area contributed by atoms with Crippen molar-refractivity contribution in [2.24, 2.45) is 7.05 Å². The predicted octanol–water partition coefficient (Wildman–Crippen LogP) is 2.61. The lowest BCUT2D eigenvalue weighted by Gasteiger charge is -2.40. The summed E-state index contributed by atoms with van der Waals surface area (Å²) in [4.78, 5) is 27.9. The Balaban J connectivity index is 1.76. The first-order valence-corrected chi connectivity index (χ1v) is 10.8. The van der Waals surface area contributed by atoms with Gasteiger partial charge in [-0.05, 0) is 37.1 Å². The number of benzene rings is 1. The fourth-order valence-corrected chi connectivity index (χ4v) is 5.73. The van der Waals surface area contributed by atoms with Gasteiger partial charge in [0.15, 0.2) is 0 Å². The molecular weight excluding hydrogens is 386 g/mol. The molecule has 0 spiro atoms. The van der Waals surface area contributed by atoms with Crippen LogP contribution >= 0.6 is 11.8 Å². The number of ether oxygens (including phenoxy) is 1. The Kier molecular flexibility index (Phi) is 5.55. The molecule has 6 nitrogen and oxygen atoms in total. The zero-order valence-electron chi connectivity index (χ0n) is 17.1. The van der Waals surface area contributed by atoms with E-state index >= 15 is 0 Å². The lowest BCUT2D eigenvalue weighted by molar-refractivity contribution is -0.114. The molecule has 2 aromatic rings. The van der Waals surface area contributed by atoms with Crippen LogP contribution in [0.1, 0.15) is 25.0 Å². The van der Waals surface area contributed by atoms with Gasteiger partial charge in [-0.3, -0.25) is 14.5 Å². The number of carbonyl (C=O) groups excluding carboxylic acids is 1. The Labute approximate surface area is 175 Å². The molecule has 2 aliphatic rings. The van der Waals surface area contributed by atoms with Crippen LogP contribution in [0.5, 0.6) is 0 Å². The molecule has 1 aromatic carbocycles. The first-order chi connectivity index (χ1) is 13.9. The Hall–Kier alpha value is -2.09. The van der Waals surface area contributed by atoms with Crippen molar-refractivity contribution in [1.82, 2.24) is 9.47 Å². The van der Waals surface area contributed by atoms with Crippen LogP contribution in [0.2, 0.25) is 0 Å². The summed E-state index contributed by atoms with van der Waals surface area (Å²) in [6.07, 6.45) is 2.52. The van der Waals surface area contributed by atoms with Crippen molar-refractivity contribution in [1.29, 1.82) is 0 Å². The molecule has 0 bridgehead atoms. The smallest absolute Gasteiger partial charge is 0.254 e. The topological polar surface area (TPSA) is 63.6 Å². The summed E-state index contributed by atoms with van der Waals surface area (Å²) in [6.45, 7) is 6.86. The van der Waals surface area contributed by atoms with E-state index in [4.69, 9.17) is 4.74 Å². The number of rotatable bonds is 4. The van der Waals surface area contributed by atoms with Crippen LogP contribution in [0.3, 0.4) is 0 Å². The first-order valence-electron chi connectivity index (χ1n) is 9.95. The summed E-state index contributed by atoms with van der Waals surface area (Å²) < 4.78 is 7.00. The number of fused-ring (bicyclic) bond motifs is 1. The average Bonchev–Trinajstić information content (AvgIpc) is 3.07. The largest absolute Gasteiger partial charge is 0.379 e. The molecule has 1 amide bonds. The number of anilines is 1. The van der Waals surface area contributed by atoms with E-state index in [9.17, 15) is 9.59 Å². The molecular formula is C22H27N3O3S. The number of pyridine rings is 1. The van der Waals surface area contributed by atoms with Crippen LogP contribution in [-0.4, -0.2) is 47.7 Å². The Bertz CT molecular complexity index is 990. The van der Waals surface area contributed by atoms with Crippen molar-refractivity contribution in [3.05, 3.63) is 58.0 Å². The van der Waals surface area contributed by atoms with E-state index in [1.807, 2.05) is 24.4 Å². The van der Waals surface area contributed by atoms with Gasteiger partial charge in [0.25, 0.3) is 5.56 Å². The number of nitrogens with zero attached hydrogens (tertiary/aromatic N) is 2. The van der Waals surface area contributed by atoms with Gasteiger partial charge in [0.2, 0.25) is 5.91 Å². The molecule has 29 heavy (non-hydrogen) atoms. The molecule has 3 heterocycles. The number of thioether (sulfide) groups is 1. The van der Waals surface area contributed by atoms with Crippen LogP contribution in [0.25, 0.3) is 0 Å². The molecule has 2 aliphatic heterocycles. The molecule has 0 radical (unpaired) electrons. The lowest BCUT2D eigenvalue weighted by atomic mass is 9.90. The number of aryl methyl sites for hydroxylation is 1. The molecule has 7 heteroatoms. The SMILES string of the molecule is CC(=O)Nc1cccc(C2(CN3CCOCC3C)Cc3c(ccn(C)c3=O)S2)c1. The first kappa shape index (κ1) is 20.2. The summed E-state index contributed by atoms with van der Waals surface area (Å²) in [5.41, 5.74) is 2.87. The van der Waals surface area contributed by atoms with Gasteiger partial charge in [0.1, 0.15) is 0 Å². The highest BCUT2D eigenvalue weighted by atomic mass is 32.2. The number of morpholine rings is 1. The van der Waals surface area contributed by atoms with E-state index in [0.29, 0.717) is 12.5 Å². The predicted molar refractivity (Wildman–Crippen MR) is 116 cm³/mol. The minimum absolute atomic E-state index is 0.0740. The Morgan fingerprint density at radius 3 is 2.97 bits per heavy atom. The van der Waals surface area contributed by atoms with Crippen molar-refractivity contribution in [3.63, 3.8) is 0 Å². The van der Waals surface area contributed by atoms with Gasteiger partial charge in [0.05, 0.1) is 18.0 Å². The van der Waals surface area contributed by atoms with Crippen LogP contribution in [-0.2, 0) is 27.7 Å². The molecule has 2 unspecified atom stereocenters. The van der Waals surface area contributed by atoms with Gasteiger partial charge in [-0.2, -0.15) is 0 Å². The van der Waals surface area contributed by atoms with Crippen LogP contribution in [0.15, 0.2) is 46.2 Å². The van der Waals surface area contributed by atoms with Crippen molar-refractivity contribution in [2.45, 2.75) is 36.0 Å². The minimum Gasteiger partial charge on any atom is -0.379 e. The van der Waals surface area contributed by atoms with Crippen LogP contribution in [0.4, 0.5) is 5.69 Å². The monoisotopic (exact) mass is 413 g/mol. The Morgan fingerprint density at radius 2 is 2.21 bits per heavy atom. The maximum Gasteiger partial charge on any atom is 0.254 e. The fraction of sp³-hybridized carbons (Fsp3) is 0.455. The molecule has 0 saturated carbocycles. The van der Waals surface area contributed by atoms with Crippen molar-refractivity contribution in [3.8, 4) is 0 Å². The van der Waals surface area contributed by atoms with E-state index in [0.717, 1.165) is 48.0 Å². The standard InChI is InChI=1S/C22H27N3O3S/c1-15-13-28-10-9-25(15)14-22(17-5-4-6-18(11-17)23-16(2)26)12-19-20(29-22)7-8-24(3)21(19)27/h4-8,11,15H,9-10,12-14H2,1-3H3,(H,23,26). The van der Waals surface area contributed by atoms with E-state index < -0.39 is 0 Å². The molecule has 2 atom stereocenters. The number of hydrogen-bond donors (Lipinski definition) is 1. The second-order valence-electron chi connectivity index (χ2n) is 8.00. The molecule has 1 saturated heterocycles. The van der Waals surface area contributed by atoms with E-state index in [1.54, 1.807) is 23.4 Å². The summed E-state index contributed by atoms with van der Waals surface area (Å²) in [5.74, 6) is -0.0887. The highest BCUT2D eigenvalue weighted by Crippen LogP contribution is 2.51. The highest BCUT2D eigenvalue weighted by Gasteiger charge is 2.43. The zero-order valence-corrected chi connectivity index (χ0v) is 17.9. The van der Waals surface area contributed by atoms with E-state index in [-0.39, 0.29) is 16.2 Å². The van der Waals surface area contributed by atoms with Gasteiger partial charge in [0, 0.05) is 55.4 Å². The third-order valence-electron chi connectivity index (χ3n) is 5.77. The van der Waals surface area contributed by atoms with Crippen LogP contribution in [0, 0.1) is 0 Å². The van der Waals surface area contributed by atoms with Crippen molar-refractivity contribution < 1.29 is 9.53 Å². The maximum absolute atomic E-state index is 12.8. The number of amides is 1. The Morgan fingerprint density at radius 1 is 1.38 bits per heavy atom. The molecule has 0 aliphatic carbocycles. The van der Waals surface area contributed by atoms with Gasteiger partial charge < -0.3 is 14.6 Å². The maximum atomic E-state index is 12.8. The third kappa shape index (κ3) is 3.99. The van der Waals surface area contributed by atoms with E-state index in [1.165, 1.54) is 6.92 Å². The molecule has 1 N–H and O–H groups in total. The number of nitrogens with one attached hydrogen (secondary N) is 1. The van der Waals surface area contributed by atoms with Gasteiger partial charge in [-0.25, -0.2) is 0 Å². The molecule has 1 fully saturated rings. The normalized spacial score (nSPS) is 24.3.